The highest BCUT2D eigenvalue weighted by molar-refractivity contribution is 7.11. The summed E-state index contributed by atoms with van der Waals surface area (Å²) in [6, 6.07) is 0. The summed E-state index contributed by atoms with van der Waals surface area (Å²) in [5.74, 6) is 5.81. The van der Waals surface area contributed by atoms with Gasteiger partial charge in [0.15, 0.2) is 5.01 Å². The molecule has 0 bridgehead atoms. The largest absolute Gasteiger partial charge is 0.333 e. The molecule has 19 heavy (non-hydrogen) atoms. The lowest BCUT2D eigenvalue weighted by molar-refractivity contribution is 0.0953. The third-order valence-corrected chi connectivity index (χ3v) is 3.98. The topological polar surface area (TPSA) is 89.1 Å². The molecule has 3 heterocycles. The van der Waals surface area contributed by atoms with Crippen LogP contribution in [0.3, 0.4) is 0 Å². The standard InChI is InChI=1S/C11H14N6OS/c12-15-10(18)11-14-8(7-19-11)5-16-3-4-17-2-1-13-9(17)6-16/h1-2,7H,3-6,12H2,(H,15,18). The molecule has 1 aliphatic rings. The first-order valence-electron chi connectivity index (χ1n) is 5.94. The van der Waals surface area contributed by atoms with Crippen molar-refractivity contribution < 1.29 is 4.79 Å². The van der Waals surface area contributed by atoms with Gasteiger partial charge in [-0.25, -0.2) is 15.8 Å². The molecule has 7 nitrogen and oxygen atoms in total. The molecule has 3 rings (SSSR count). The number of fused-ring (bicyclic) bond motifs is 1. The number of carbonyl (C=O) groups excluding carboxylic acids is 1. The molecular weight excluding hydrogens is 264 g/mol. The smallest absolute Gasteiger partial charge is 0.294 e. The fourth-order valence-corrected chi connectivity index (χ4v) is 2.84. The highest BCUT2D eigenvalue weighted by atomic mass is 32.1. The van der Waals surface area contributed by atoms with Crippen LogP contribution in [-0.2, 0) is 19.6 Å². The first-order chi connectivity index (χ1) is 9.26. The van der Waals surface area contributed by atoms with Crippen LogP contribution in [0.15, 0.2) is 17.8 Å². The second-order valence-corrected chi connectivity index (χ2v) is 5.22. The number of hydrogen-bond acceptors (Lipinski definition) is 6. The Balaban J connectivity index is 1.66. The summed E-state index contributed by atoms with van der Waals surface area (Å²) in [7, 11) is 0. The Hall–Kier alpha value is -1.77. The van der Waals surface area contributed by atoms with Crippen LogP contribution < -0.4 is 11.3 Å². The van der Waals surface area contributed by atoms with Crippen molar-refractivity contribution in [3.63, 3.8) is 0 Å². The van der Waals surface area contributed by atoms with Crippen molar-refractivity contribution in [2.24, 2.45) is 5.84 Å². The quantitative estimate of drug-likeness (QED) is 0.467. The van der Waals surface area contributed by atoms with E-state index in [2.05, 4.69) is 24.9 Å². The Morgan fingerprint density at radius 3 is 3.26 bits per heavy atom. The van der Waals surface area contributed by atoms with E-state index in [0.717, 1.165) is 37.7 Å². The Bertz CT molecular complexity index is 592. The number of aromatic nitrogens is 3. The number of thiazole rings is 1. The van der Waals surface area contributed by atoms with Crippen LogP contribution >= 0.6 is 11.3 Å². The average Bonchev–Trinajstić information content (AvgIpc) is 3.06. The SMILES string of the molecule is NNC(=O)c1nc(CN2CCn3ccnc3C2)cs1. The van der Waals surface area contributed by atoms with Gasteiger partial charge < -0.3 is 4.57 Å². The number of nitrogens with zero attached hydrogens (tertiary/aromatic N) is 4. The molecule has 0 unspecified atom stereocenters. The van der Waals surface area contributed by atoms with Crippen LogP contribution in [0.4, 0.5) is 0 Å². The van der Waals surface area contributed by atoms with Crippen LogP contribution in [0, 0.1) is 0 Å². The highest BCUT2D eigenvalue weighted by Gasteiger charge is 2.18. The van der Waals surface area contributed by atoms with Crippen LogP contribution in [-0.4, -0.2) is 31.9 Å². The number of hydrazine groups is 1. The van der Waals surface area contributed by atoms with E-state index < -0.39 is 0 Å². The van der Waals surface area contributed by atoms with Gasteiger partial charge in [0.2, 0.25) is 0 Å². The third-order valence-electron chi connectivity index (χ3n) is 3.09. The highest BCUT2D eigenvalue weighted by Crippen LogP contribution is 2.16. The molecule has 2 aromatic rings. The number of imidazole rings is 1. The van der Waals surface area contributed by atoms with Gasteiger partial charge in [0.25, 0.3) is 5.91 Å². The number of nitrogen functional groups attached to an aromatic ring is 1. The Morgan fingerprint density at radius 1 is 1.53 bits per heavy atom. The molecule has 0 fully saturated rings. The van der Waals surface area contributed by atoms with Gasteiger partial charge in [0.05, 0.1) is 12.2 Å². The van der Waals surface area contributed by atoms with Crippen molar-refractivity contribution in [2.75, 3.05) is 6.54 Å². The van der Waals surface area contributed by atoms with Crippen LogP contribution in [0.1, 0.15) is 21.3 Å². The number of nitrogens with two attached hydrogens (primary N) is 1. The minimum Gasteiger partial charge on any atom is -0.333 e. The Morgan fingerprint density at radius 2 is 2.42 bits per heavy atom. The monoisotopic (exact) mass is 278 g/mol. The Labute approximate surface area is 114 Å². The van der Waals surface area contributed by atoms with E-state index in [1.807, 2.05) is 17.8 Å². The number of carbonyl (C=O) groups is 1. The van der Waals surface area contributed by atoms with Gasteiger partial charge in [-0.05, 0) is 0 Å². The molecule has 0 saturated heterocycles. The third kappa shape index (κ3) is 2.50. The van der Waals surface area contributed by atoms with Crippen molar-refractivity contribution in [1.82, 2.24) is 24.9 Å². The number of rotatable bonds is 3. The van der Waals surface area contributed by atoms with Gasteiger partial charge in [-0.3, -0.25) is 15.1 Å². The zero-order valence-corrected chi connectivity index (χ0v) is 11.1. The lowest BCUT2D eigenvalue weighted by Gasteiger charge is -2.26. The summed E-state index contributed by atoms with van der Waals surface area (Å²) in [5, 5.41) is 2.29. The second-order valence-electron chi connectivity index (χ2n) is 4.36. The molecule has 0 aromatic carbocycles. The molecule has 100 valence electrons. The van der Waals surface area contributed by atoms with Gasteiger partial charge >= 0.3 is 0 Å². The summed E-state index contributed by atoms with van der Waals surface area (Å²) in [4.78, 5) is 22.2. The summed E-state index contributed by atoms with van der Waals surface area (Å²) in [6.07, 6.45) is 3.82. The van der Waals surface area contributed by atoms with E-state index in [1.54, 1.807) is 0 Å². The van der Waals surface area contributed by atoms with E-state index in [1.165, 1.54) is 11.3 Å². The van der Waals surface area contributed by atoms with Crippen molar-refractivity contribution >= 4 is 17.2 Å². The fourth-order valence-electron chi connectivity index (χ4n) is 2.13. The van der Waals surface area contributed by atoms with E-state index in [-0.39, 0.29) is 5.91 Å². The van der Waals surface area contributed by atoms with Crippen molar-refractivity contribution in [1.29, 1.82) is 0 Å². The molecule has 0 atom stereocenters. The predicted octanol–water partition coefficient (Wildman–Crippen LogP) is -0.0411. The maximum absolute atomic E-state index is 11.3. The van der Waals surface area contributed by atoms with E-state index in [9.17, 15) is 4.79 Å². The van der Waals surface area contributed by atoms with Crippen molar-refractivity contribution in [2.45, 2.75) is 19.6 Å². The zero-order valence-electron chi connectivity index (χ0n) is 10.2. The number of hydrogen-bond donors (Lipinski definition) is 2. The van der Waals surface area contributed by atoms with E-state index in [0.29, 0.717) is 5.01 Å². The predicted molar refractivity (Wildman–Crippen MR) is 70.1 cm³/mol. The minimum absolute atomic E-state index is 0.342. The normalized spacial score (nSPS) is 15.2. The fraction of sp³-hybridized carbons (Fsp3) is 0.364. The lowest BCUT2D eigenvalue weighted by atomic mass is 10.3. The Kier molecular flexibility index (Phi) is 3.28. The summed E-state index contributed by atoms with van der Waals surface area (Å²) < 4.78 is 2.16. The van der Waals surface area contributed by atoms with Gasteiger partial charge in [-0.1, -0.05) is 0 Å². The van der Waals surface area contributed by atoms with Crippen LogP contribution in [0.2, 0.25) is 0 Å². The molecule has 0 radical (unpaired) electrons. The van der Waals surface area contributed by atoms with Crippen molar-refractivity contribution in [3.8, 4) is 0 Å². The van der Waals surface area contributed by atoms with Gasteiger partial charge in [-0.15, -0.1) is 11.3 Å². The summed E-state index contributed by atoms with van der Waals surface area (Å²) in [6.45, 7) is 3.43. The van der Waals surface area contributed by atoms with Crippen LogP contribution in [0.25, 0.3) is 0 Å². The first kappa shape index (κ1) is 12.3. The minimum atomic E-state index is -0.342. The first-order valence-corrected chi connectivity index (χ1v) is 6.82. The second kappa shape index (κ2) is 5.08. The molecule has 2 aromatic heterocycles. The molecular formula is C11H14N6OS. The van der Waals surface area contributed by atoms with Gasteiger partial charge in [0, 0.05) is 37.4 Å². The summed E-state index contributed by atoms with van der Waals surface area (Å²) >= 11 is 1.31. The summed E-state index contributed by atoms with van der Waals surface area (Å²) in [5.41, 5.74) is 2.98. The maximum atomic E-state index is 11.3. The molecule has 0 saturated carbocycles. The molecule has 1 aliphatic heterocycles. The number of nitrogens with one attached hydrogen (secondary N) is 1. The molecule has 3 N–H and O–H groups in total. The average molecular weight is 278 g/mol. The molecule has 0 aliphatic carbocycles. The zero-order chi connectivity index (χ0) is 13.2. The van der Waals surface area contributed by atoms with E-state index in [4.69, 9.17) is 5.84 Å². The van der Waals surface area contributed by atoms with Gasteiger partial charge in [-0.2, -0.15) is 0 Å². The molecule has 8 heteroatoms. The lowest BCUT2D eigenvalue weighted by Crippen LogP contribution is -2.33. The van der Waals surface area contributed by atoms with Crippen molar-refractivity contribution in [3.05, 3.63) is 34.3 Å². The van der Waals surface area contributed by atoms with Crippen LogP contribution in [0.5, 0.6) is 0 Å². The van der Waals surface area contributed by atoms with E-state index >= 15 is 0 Å². The molecule has 1 amide bonds. The maximum Gasteiger partial charge on any atom is 0.294 e. The molecule has 0 spiro atoms. The van der Waals surface area contributed by atoms with Gasteiger partial charge in [0.1, 0.15) is 5.82 Å². The number of amides is 1.